The lowest BCUT2D eigenvalue weighted by molar-refractivity contribution is -0.0587. The van der Waals surface area contributed by atoms with Crippen LogP contribution in [0.2, 0.25) is 0 Å². The fourth-order valence-electron chi connectivity index (χ4n) is 2.13. The normalized spacial score (nSPS) is 24.9. The largest absolute Gasteiger partial charge is 0.370 e. The molecule has 1 aliphatic heterocycles. The fourth-order valence-corrected chi connectivity index (χ4v) is 2.13. The Balaban J connectivity index is 2.10. The average molecular weight is 205 g/mol. The molecule has 2 heteroatoms. The Labute approximate surface area is 91.6 Å². The van der Waals surface area contributed by atoms with Gasteiger partial charge in [0.25, 0.3) is 0 Å². The van der Waals surface area contributed by atoms with Gasteiger partial charge in [0.15, 0.2) is 0 Å². The highest BCUT2D eigenvalue weighted by atomic mass is 16.5. The van der Waals surface area contributed by atoms with Crippen molar-refractivity contribution in [3.8, 4) is 0 Å². The van der Waals surface area contributed by atoms with Crippen LogP contribution in [0, 0.1) is 0 Å². The minimum Gasteiger partial charge on any atom is -0.370 e. The quantitative estimate of drug-likeness (QED) is 0.816. The van der Waals surface area contributed by atoms with E-state index in [9.17, 15) is 0 Å². The fraction of sp³-hybridized carbons (Fsp3) is 0.538. The van der Waals surface area contributed by atoms with Crippen LogP contribution in [0.15, 0.2) is 24.3 Å². The second-order valence-corrected chi connectivity index (χ2v) is 4.54. The first-order valence-corrected chi connectivity index (χ1v) is 5.59. The summed E-state index contributed by atoms with van der Waals surface area (Å²) in [5, 5.41) is 3.18. The van der Waals surface area contributed by atoms with Crippen LogP contribution in [0.4, 0.5) is 0 Å². The molecule has 2 rings (SSSR count). The van der Waals surface area contributed by atoms with Gasteiger partial charge in [-0.3, -0.25) is 0 Å². The SMILES string of the molecule is CNCCC1(C)Cc2ccccc2CO1. The monoisotopic (exact) mass is 205 g/mol. The van der Waals surface area contributed by atoms with E-state index >= 15 is 0 Å². The molecule has 1 atom stereocenters. The van der Waals surface area contributed by atoms with Gasteiger partial charge in [0, 0.05) is 6.42 Å². The minimum atomic E-state index is 0.0113. The number of benzene rings is 1. The molecule has 1 heterocycles. The molecule has 0 aliphatic carbocycles. The van der Waals surface area contributed by atoms with Crippen molar-refractivity contribution in [3.63, 3.8) is 0 Å². The van der Waals surface area contributed by atoms with Crippen molar-refractivity contribution in [3.05, 3.63) is 35.4 Å². The molecule has 1 aliphatic rings. The summed E-state index contributed by atoms with van der Waals surface area (Å²) < 4.78 is 5.95. The zero-order chi connectivity index (χ0) is 10.7. The number of fused-ring (bicyclic) bond motifs is 1. The van der Waals surface area contributed by atoms with Crippen LogP contribution in [-0.4, -0.2) is 19.2 Å². The van der Waals surface area contributed by atoms with Gasteiger partial charge in [0.05, 0.1) is 12.2 Å². The molecule has 0 spiro atoms. The summed E-state index contributed by atoms with van der Waals surface area (Å²) in [5.74, 6) is 0. The maximum absolute atomic E-state index is 5.95. The number of nitrogens with one attached hydrogen (secondary N) is 1. The van der Waals surface area contributed by atoms with Crippen LogP contribution in [0.1, 0.15) is 24.5 Å². The van der Waals surface area contributed by atoms with E-state index < -0.39 is 0 Å². The van der Waals surface area contributed by atoms with Gasteiger partial charge >= 0.3 is 0 Å². The summed E-state index contributed by atoms with van der Waals surface area (Å²) in [6, 6.07) is 8.57. The molecule has 0 fully saturated rings. The summed E-state index contributed by atoms with van der Waals surface area (Å²) in [4.78, 5) is 0. The number of hydrogen-bond donors (Lipinski definition) is 1. The van der Waals surface area contributed by atoms with E-state index in [1.807, 2.05) is 7.05 Å². The number of ether oxygens (including phenoxy) is 1. The molecule has 82 valence electrons. The standard InChI is InChI=1S/C13H19NO/c1-13(7-8-14-2)9-11-5-3-4-6-12(11)10-15-13/h3-6,14H,7-10H2,1-2H3. The van der Waals surface area contributed by atoms with Crippen LogP contribution in [-0.2, 0) is 17.8 Å². The Kier molecular flexibility index (Phi) is 3.08. The van der Waals surface area contributed by atoms with E-state index in [2.05, 4.69) is 36.5 Å². The second kappa shape index (κ2) is 4.33. The molecule has 0 amide bonds. The molecule has 1 aromatic rings. The van der Waals surface area contributed by atoms with Gasteiger partial charge in [-0.15, -0.1) is 0 Å². The van der Waals surface area contributed by atoms with Crippen molar-refractivity contribution in [2.24, 2.45) is 0 Å². The molecule has 0 bridgehead atoms. The second-order valence-electron chi connectivity index (χ2n) is 4.54. The summed E-state index contributed by atoms with van der Waals surface area (Å²) in [5.41, 5.74) is 2.80. The van der Waals surface area contributed by atoms with Gasteiger partial charge in [0.2, 0.25) is 0 Å². The third kappa shape index (κ3) is 2.39. The van der Waals surface area contributed by atoms with Crippen molar-refractivity contribution in [1.82, 2.24) is 5.32 Å². The van der Waals surface area contributed by atoms with Crippen molar-refractivity contribution in [2.75, 3.05) is 13.6 Å². The summed E-state index contributed by atoms with van der Waals surface area (Å²) in [7, 11) is 1.99. The zero-order valence-corrected chi connectivity index (χ0v) is 9.55. The molecule has 1 aromatic carbocycles. The topological polar surface area (TPSA) is 21.3 Å². The molecule has 0 saturated carbocycles. The zero-order valence-electron chi connectivity index (χ0n) is 9.55. The lowest BCUT2D eigenvalue weighted by Crippen LogP contribution is -2.37. The van der Waals surface area contributed by atoms with E-state index in [0.29, 0.717) is 0 Å². The first-order chi connectivity index (χ1) is 7.23. The van der Waals surface area contributed by atoms with E-state index in [4.69, 9.17) is 4.74 Å². The summed E-state index contributed by atoms with van der Waals surface area (Å²) in [6.45, 7) is 3.98. The molecule has 15 heavy (non-hydrogen) atoms. The number of rotatable bonds is 3. The predicted molar refractivity (Wildman–Crippen MR) is 61.9 cm³/mol. The molecular formula is C13H19NO. The maximum atomic E-state index is 5.95. The molecule has 0 aromatic heterocycles. The van der Waals surface area contributed by atoms with E-state index in [1.54, 1.807) is 0 Å². The Morgan fingerprint density at radius 1 is 1.33 bits per heavy atom. The van der Waals surface area contributed by atoms with Crippen LogP contribution >= 0.6 is 0 Å². The average Bonchev–Trinajstić information content (AvgIpc) is 2.26. The minimum absolute atomic E-state index is 0.0113. The van der Waals surface area contributed by atoms with E-state index in [0.717, 1.165) is 26.0 Å². The first-order valence-electron chi connectivity index (χ1n) is 5.59. The Hall–Kier alpha value is -0.860. The van der Waals surface area contributed by atoms with Crippen molar-refractivity contribution in [2.45, 2.75) is 32.0 Å². The first kappa shape index (κ1) is 10.7. The van der Waals surface area contributed by atoms with Crippen LogP contribution in [0.5, 0.6) is 0 Å². The predicted octanol–water partition coefficient (Wildman–Crippen LogP) is 2.13. The highest BCUT2D eigenvalue weighted by Crippen LogP contribution is 2.29. The van der Waals surface area contributed by atoms with Gasteiger partial charge in [0.1, 0.15) is 0 Å². The third-order valence-electron chi connectivity index (χ3n) is 3.16. The summed E-state index contributed by atoms with van der Waals surface area (Å²) >= 11 is 0. The third-order valence-corrected chi connectivity index (χ3v) is 3.16. The van der Waals surface area contributed by atoms with Gasteiger partial charge < -0.3 is 10.1 Å². The van der Waals surface area contributed by atoms with Crippen LogP contribution < -0.4 is 5.32 Å². The molecule has 1 unspecified atom stereocenters. The van der Waals surface area contributed by atoms with Crippen molar-refractivity contribution in [1.29, 1.82) is 0 Å². The highest BCUT2D eigenvalue weighted by molar-refractivity contribution is 5.29. The lowest BCUT2D eigenvalue weighted by atomic mass is 9.88. The lowest BCUT2D eigenvalue weighted by Gasteiger charge is -2.35. The molecule has 1 N–H and O–H groups in total. The van der Waals surface area contributed by atoms with Crippen LogP contribution in [0.25, 0.3) is 0 Å². The highest BCUT2D eigenvalue weighted by Gasteiger charge is 2.29. The maximum Gasteiger partial charge on any atom is 0.0727 e. The summed E-state index contributed by atoms with van der Waals surface area (Å²) in [6.07, 6.45) is 2.10. The molecular weight excluding hydrogens is 186 g/mol. The Morgan fingerprint density at radius 2 is 2.07 bits per heavy atom. The Morgan fingerprint density at radius 3 is 2.80 bits per heavy atom. The van der Waals surface area contributed by atoms with E-state index in [1.165, 1.54) is 11.1 Å². The van der Waals surface area contributed by atoms with Gasteiger partial charge in [-0.05, 0) is 38.1 Å². The van der Waals surface area contributed by atoms with Gasteiger partial charge in [-0.2, -0.15) is 0 Å². The van der Waals surface area contributed by atoms with Crippen LogP contribution in [0.3, 0.4) is 0 Å². The van der Waals surface area contributed by atoms with E-state index in [-0.39, 0.29) is 5.60 Å². The van der Waals surface area contributed by atoms with Crippen molar-refractivity contribution >= 4 is 0 Å². The Bertz CT molecular complexity index is 337. The molecule has 0 saturated heterocycles. The van der Waals surface area contributed by atoms with Gasteiger partial charge in [-0.25, -0.2) is 0 Å². The van der Waals surface area contributed by atoms with Crippen molar-refractivity contribution < 1.29 is 4.74 Å². The number of hydrogen-bond acceptors (Lipinski definition) is 2. The molecule has 2 nitrogen and oxygen atoms in total. The molecule has 0 radical (unpaired) electrons. The van der Waals surface area contributed by atoms with Gasteiger partial charge in [-0.1, -0.05) is 24.3 Å². The smallest absolute Gasteiger partial charge is 0.0727 e.